The summed E-state index contributed by atoms with van der Waals surface area (Å²) in [5.41, 5.74) is 18.6. The molecule has 1 aliphatic rings. The average Bonchev–Trinajstić information content (AvgIpc) is 3.83. The molecule has 1 aliphatic carbocycles. The van der Waals surface area contributed by atoms with E-state index in [4.69, 9.17) is 0 Å². The molecule has 53 heavy (non-hydrogen) atoms. The second-order valence-electron chi connectivity index (χ2n) is 15.0. The van der Waals surface area contributed by atoms with Crippen LogP contribution >= 0.6 is 0 Å². The number of aromatic amines is 1. The summed E-state index contributed by atoms with van der Waals surface area (Å²) in [7, 11) is 0. The summed E-state index contributed by atoms with van der Waals surface area (Å²) in [6.07, 6.45) is 0. The molecule has 2 heteroatoms. The van der Waals surface area contributed by atoms with Gasteiger partial charge in [-0.1, -0.05) is 135 Å². The van der Waals surface area contributed by atoms with E-state index in [0.29, 0.717) is 0 Å². The number of hydrogen-bond acceptors (Lipinski definition) is 0. The van der Waals surface area contributed by atoms with Gasteiger partial charge in [-0.3, -0.25) is 0 Å². The average molecular weight is 677 g/mol. The van der Waals surface area contributed by atoms with Gasteiger partial charge in [-0.05, 0) is 105 Å². The lowest BCUT2D eigenvalue weighted by atomic mass is 9.81. The molecule has 2 aromatic heterocycles. The minimum absolute atomic E-state index is 0.0597. The lowest BCUT2D eigenvalue weighted by Crippen LogP contribution is -2.14. The summed E-state index contributed by atoms with van der Waals surface area (Å²) in [5, 5.41) is 5.00. The number of rotatable bonds is 4. The van der Waals surface area contributed by atoms with Crippen molar-refractivity contribution in [1.29, 1.82) is 0 Å². The zero-order valence-electron chi connectivity index (χ0n) is 29.7. The Kier molecular flexibility index (Phi) is 6.33. The van der Waals surface area contributed by atoms with Gasteiger partial charge in [0.25, 0.3) is 0 Å². The Bertz CT molecular complexity index is 3030. The van der Waals surface area contributed by atoms with Crippen molar-refractivity contribution >= 4 is 43.6 Å². The van der Waals surface area contributed by atoms with Gasteiger partial charge in [0.15, 0.2) is 0 Å². The maximum atomic E-state index is 3.86. The molecule has 8 aromatic carbocycles. The van der Waals surface area contributed by atoms with Crippen LogP contribution in [0.4, 0.5) is 0 Å². The Morgan fingerprint density at radius 1 is 0.396 bits per heavy atom. The normalized spacial score (nSPS) is 13.2. The van der Waals surface area contributed by atoms with E-state index in [1.807, 2.05) is 0 Å². The van der Waals surface area contributed by atoms with E-state index in [1.54, 1.807) is 0 Å². The molecular weight excluding hydrogens is 641 g/mol. The standard InChI is InChI=1S/C51H36N2/c1-51(2)45-20-9-6-15-39(45)40-25-23-33(30-46(40)51)35-27-34(32-13-4-3-5-14-32)28-36(29-35)38-18-12-19-43-44-31-37(24-26-47(44)52-50(38)43)53-48-21-10-7-16-41(48)42-17-8-11-22-49(42)53/h3-31,52H,1-2H3. The molecule has 11 rings (SSSR count). The van der Waals surface area contributed by atoms with E-state index < -0.39 is 0 Å². The van der Waals surface area contributed by atoms with Crippen molar-refractivity contribution in [2.75, 3.05) is 0 Å². The molecule has 10 aromatic rings. The molecule has 0 radical (unpaired) electrons. The van der Waals surface area contributed by atoms with Crippen molar-refractivity contribution in [3.8, 4) is 50.2 Å². The maximum Gasteiger partial charge on any atom is 0.0544 e. The molecule has 0 bridgehead atoms. The first-order chi connectivity index (χ1) is 26.0. The molecule has 0 saturated carbocycles. The summed E-state index contributed by atoms with van der Waals surface area (Å²) in [6, 6.07) is 64.8. The van der Waals surface area contributed by atoms with Crippen LogP contribution < -0.4 is 0 Å². The van der Waals surface area contributed by atoms with E-state index in [2.05, 4.69) is 199 Å². The van der Waals surface area contributed by atoms with Crippen LogP contribution in [0.5, 0.6) is 0 Å². The molecule has 2 heterocycles. The van der Waals surface area contributed by atoms with Gasteiger partial charge in [-0.25, -0.2) is 0 Å². The Balaban J connectivity index is 1.10. The van der Waals surface area contributed by atoms with Gasteiger partial charge < -0.3 is 9.55 Å². The number of benzene rings is 8. The minimum Gasteiger partial charge on any atom is -0.354 e. The van der Waals surface area contributed by atoms with Crippen LogP contribution in [0.25, 0.3) is 93.8 Å². The lowest BCUT2D eigenvalue weighted by molar-refractivity contribution is 0.660. The molecule has 1 N–H and O–H groups in total. The third-order valence-electron chi connectivity index (χ3n) is 11.7. The molecule has 2 nitrogen and oxygen atoms in total. The number of aromatic nitrogens is 2. The van der Waals surface area contributed by atoms with Gasteiger partial charge in [0, 0.05) is 43.7 Å². The zero-order valence-corrected chi connectivity index (χ0v) is 29.7. The van der Waals surface area contributed by atoms with Crippen LogP contribution in [0, 0.1) is 0 Å². The topological polar surface area (TPSA) is 20.7 Å². The van der Waals surface area contributed by atoms with Gasteiger partial charge in [-0.2, -0.15) is 0 Å². The number of fused-ring (bicyclic) bond motifs is 9. The highest BCUT2D eigenvalue weighted by Gasteiger charge is 2.35. The third kappa shape index (κ3) is 4.45. The fourth-order valence-corrected chi connectivity index (χ4v) is 9.12. The van der Waals surface area contributed by atoms with Crippen LogP contribution in [0.1, 0.15) is 25.0 Å². The quantitative estimate of drug-likeness (QED) is 0.192. The van der Waals surface area contributed by atoms with Gasteiger partial charge >= 0.3 is 0 Å². The molecular formula is C51H36N2. The van der Waals surface area contributed by atoms with Crippen LogP contribution in [0.15, 0.2) is 176 Å². The zero-order chi connectivity index (χ0) is 35.3. The Labute approximate surface area is 308 Å². The highest BCUT2D eigenvalue weighted by Crippen LogP contribution is 2.50. The van der Waals surface area contributed by atoms with Gasteiger partial charge in [0.05, 0.1) is 16.6 Å². The number of nitrogens with one attached hydrogen (secondary N) is 1. The van der Waals surface area contributed by atoms with Gasteiger partial charge in [0.2, 0.25) is 0 Å². The highest BCUT2D eigenvalue weighted by atomic mass is 15.0. The van der Waals surface area contributed by atoms with E-state index in [-0.39, 0.29) is 5.41 Å². The second-order valence-corrected chi connectivity index (χ2v) is 15.0. The fourth-order valence-electron chi connectivity index (χ4n) is 9.12. The first kappa shape index (κ1) is 30.0. The van der Waals surface area contributed by atoms with Gasteiger partial charge in [-0.15, -0.1) is 0 Å². The Morgan fingerprint density at radius 2 is 1.02 bits per heavy atom. The first-order valence-electron chi connectivity index (χ1n) is 18.5. The predicted molar refractivity (Wildman–Crippen MR) is 224 cm³/mol. The van der Waals surface area contributed by atoms with Crippen molar-refractivity contribution < 1.29 is 0 Å². The molecule has 0 saturated heterocycles. The third-order valence-corrected chi connectivity index (χ3v) is 11.7. The summed E-state index contributed by atoms with van der Waals surface area (Å²) in [6.45, 7) is 4.72. The van der Waals surface area contributed by atoms with Crippen molar-refractivity contribution in [3.63, 3.8) is 0 Å². The largest absolute Gasteiger partial charge is 0.354 e. The number of hydrogen-bond donors (Lipinski definition) is 1. The van der Waals surface area contributed by atoms with E-state index >= 15 is 0 Å². The summed E-state index contributed by atoms with van der Waals surface area (Å²) in [4.78, 5) is 3.86. The minimum atomic E-state index is -0.0597. The SMILES string of the molecule is CC1(C)c2ccccc2-c2ccc(-c3cc(-c4ccccc4)cc(-c4cccc5c4[nH]c4ccc(-n6c7ccccc7c7ccccc76)cc45)c3)cc21. The maximum absolute atomic E-state index is 3.86. The van der Waals surface area contributed by atoms with E-state index in [0.717, 1.165) is 16.7 Å². The predicted octanol–water partition coefficient (Wildman–Crippen LogP) is 13.7. The molecule has 0 atom stereocenters. The molecule has 0 aliphatic heterocycles. The number of para-hydroxylation sites is 3. The smallest absolute Gasteiger partial charge is 0.0544 e. The van der Waals surface area contributed by atoms with Crippen molar-refractivity contribution in [3.05, 3.63) is 187 Å². The fraction of sp³-hybridized carbons (Fsp3) is 0.0588. The van der Waals surface area contributed by atoms with Crippen molar-refractivity contribution in [2.45, 2.75) is 19.3 Å². The molecule has 250 valence electrons. The summed E-state index contributed by atoms with van der Waals surface area (Å²) >= 11 is 0. The van der Waals surface area contributed by atoms with Crippen LogP contribution in [0.2, 0.25) is 0 Å². The van der Waals surface area contributed by atoms with Crippen molar-refractivity contribution in [2.24, 2.45) is 0 Å². The van der Waals surface area contributed by atoms with E-state index in [9.17, 15) is 0 Å². The highest BCUT2D eigenvalue weighted by molar-refractivity contribution is 6.14. The Morgan fingerprint density at radius 3 is 1.81 bits per heavy atom. The monoisotopic (exact) mass is 676 g/mol. The first-order valence-corrected chi connectivity index (χ1v) is 18.5. The van der Waals surface area contributed by atoms with Crippen LogP contribution in [0.3, 0.4) is 0 Å². The molecule has 0 spiro atoms. The molecule has 0 unspecified atom stereocenters. The molecule has 0 amide bonds. The second kappa shape index (κ2) is 11.2. The van der Waals surface area contributed by atoms with Gasteiger partial charge in [0.1, 0.15) is 0 Å². The molecule has 0 fully saturated rings. The lowest BCUT2D eigenvalue weighted by Gasteiger charge is -2.22. The van der Waals surface area contributed by atoms with Crippen molar-refractivity contribution in [1.82, 2.24) is 9.55 Å². The van der Waals surface area contributed by atoms with E-state index in [1.165, 1.54) is 88.2 Å². The summed E-state index contributed by atoms with van der Waals surface area (Å²) in [5.74, 6) is 0. The van der Waals surface area contributed by atoms with Crippen LogP contribution in [-0.2, 0) is 5.41 Å². The number of H-pyrrole nitrogens is 1. The number of nitrogens with zero attached hydrogens (tertiary/aromatic N) is 1. The summed E-state index contributed by atoms with van der Waals surface area (Å²) < 4.78 is 2.40. The Hall–Kier alpha value is -6.64. The van der Waals surface area contributed by atoms with Crippen LogP contribution in [-0.4, -0.2) is 9.55 Å².